The average molecular weight is 395 g/mol. The molecule has 0 aliphatic carbocycles. The van der Waals surface area contributed by atoms with Gasteiger partial charge in [0.2, 0.25) is 5.91 Å². The largest absolute Gasteiger partial charge is 0.467 e. The molecule has 0 bridgehead atoms. The van der Waals surface area contributed by atoms with Crippen molar-refractivity contribution in [2.45, 2.75) is 32.0 Å². The summed E-state index contributed by atoms with van der Waals surface area (Å²) in [4.78, 5) is 42.0. The van der Waals surface area contributed by atoms with Crippen molar-refractivity contribution in [2.75, 3.05) is 6.54 Å². The minimum absolute atomic E-state index is 0.0826. The first-order valence-corrected chi connectivity index (χ1v) is 9.42. The Kier molecular flexibility index (Phi) is 5.28. The third kappa shape index (κ3) is 4.13. The first kappa shape index (κ1) is 18.7. The monoisotopic (exact) mass is 395 g/mol. The zero-order valence-corrected chi connectivity index (χ0v) is 15.7. The van der Waals surface area contributed by atoms with E-state index in [4.69, 9.17) is 4.42 Å². The van der Waals surface area contributed by atoms with Crippen molar-refractivity contribution in [3.8, 4) is 0 Å². The van der Waals surface area contributed by atoms with Crippen molar-refractivity contribution in [1.82, 2.24) is 25.1 Å². The Labute approximate surface area is 166 Å². The highest BCUT2D eigenvalue weighted by Crippen LogP contribution is 2.15. The Morgan fingerprint density at radius 3 is 2.90 bits per heavy atom. The maximum atomic E-state index is 12.4. The third-order valence-electron chi connectivity index (χ3n) is 4.86. The van der Waals surface area contributed by atoms with Gasteiger partial charge in [0, 0.05) is 19.5 Å². The number of imidazole rings is 1. The normalized spacial score (nSPS) is 16.4. The van der Waals surface area contributed by atoms with E-state index in [9.17, 15) is 14.4 Å². The van der Waals surface area contributed by atoms with Gasteiger partial charge in [0.1, 0.15) is 11.8 Å². The number of para-hydroxylation sites is 2. The fourth-order valence-corrected chi connectivity index (χ4v) is 3.35. The number of hydrogen-bond acceptors (Lipinski definition) is 5. The van der Waals surface area contributed by atoms with Gasteiger partial charge in [0.25, 0.3) is 5.91 Å². The number of nitrogens with one attached hydrogen (secondary N) is 2. The van der Waals surface area contributed by atoms with Gasteiger partial charge in [-0.05, 0) is 30.7 Å². The van der Waals surface area contributed by atoms with Crippen molar-refractivity contribution < 1.29 is 18.8 Å². The number of carbonyl (C=O) groups excluding carboxylic acids is 3. The Morgan fingerprint density at radius 2 is 2.07 bits per heavy atom. The molecule has 0 saturated carbocycles. The van der Waals surface area contributed by atoms with Gasteiger partial charge in [0.05, 0.1) is 30.2 Å². The lowest BCUT2D eigenvalue weighted by molar-refractivity contribution is -0.128. The molecule has 0 spiro atoms. The molecule has 0 unspecified atom stereocenters. The fraction of sp³-hybridized carbons (Fsp3) is 0.300. The summed E-state index contributed by atoms with van der Waals surface area (Å²) >= 11 is 0. The number of benzene rings is 1. The van der Waals surface area contributed by atoms with E-state index in [1.807, 2.05) is 28.8 Å². The smallest absolute Gasteiger partial charge is 0.325 e. The van der Waals surface area contributed by atoms with Crippen molar-refractivity contribution in [3.05, 3.63) is 54.7 Å². The summed E-state index contributed by atoms with van der Waals surface area (Å²) in [6, 6.07) is 10.0. The lowest BCUT2D eigenvalue weighted by atomic mass is 10.1. The maximum absolute atomic E-state index is 12.4. The number of rotatable bonds is 8. The van der Waals surface area contributed by atoms with Gasteiger partial charge in [-0.3, -0.25) is 14.5 Å². The van der Waals surface area contributed by atoms with E-state index < -0.39 is 12.1 Å². The Morgan fingerprint density at radius 1 is 1.21 bits per heavy atom. The van der Waals surface area contributed by atoms with Crippen LogP contribution in [0.3, 0.4) is 0 Å². The number of furan rings is 1. The lowest BCUT2D eigenvalue weighted by Gasteiger charge is -2.11. The highest BCUT2D eigenvalue weighted by atomic mass is 16.3. The molecular weight excluding hydrogens is 374 g/mol. The highest BCUT2D eigenvalue weighted by Gasteiger charge is 2.38. The van der Waals surface area contributed by atoms with Crippen LogP contribution in [-0.4, -0.2) is 44.9 Å². The van der Waals surface area contributed by atoms with Crippen LogP contribution in [0.25, 0.3) is 11.0 Å². The van der Waals surface area contributed by atoms with E-state index in [1.54, 1.807) is 18.5 Å². The summed E-state index contributed by atoms with van der Waals surface area (Å²) in [6.45, 7) is 1.14. The van der Waals surface area contributed by atoms with Crippen LogP contribution in [0.15, 0.2) is 53.4 Å². The summed E-state index contributed by atoms with van der Waals surface area (Å²) in [6.07, 6.45) is 3.63. The zero-order valence-electron chi connectivity index (χ0n) is 15.7. The van der Waals surface area contributed by atoms with Crippen LogP contribution >= 0.6 is 0 Å². The van der Waals surface area contributed by atoms with E-state index in [2.05, 4.69) is 15.6 Å². The molecular formula is C20H21N5O4. The second kappa shape index (κ2) is 8.17. The van der Waals surface area contributed by atoms with Gasteiger partial charge in [-0.2, -0.15) is 0 Å². The summed E-state index contributed by atoms with van der Waals surface area (Å²) in [5, 5.41) is 5.47. The van der Waals surface area contributed by atoms with Crippen LogP contribution < -0.4 is 10.6 Å². The number of urea groups is 1. The van der Waals surface area contributed by atoms with E-state index >= 15 is 0 Å². The van der Waals surface area contributed by atoms with Crippen LogP contribution in [0.4, 0.5) is 4.79 Å². The molecule has 4 amide bonds. The molecule has 2 aromatic heterocycles. The van der Waals surface area contributed by atoms with E-state index in [1.165, 1.54) is 6.26 Å². The van der Waals surface area contributed by atoms with Crippen molar-refractivity contribution in [2.24, 2.45) is 0 Å². The predicted octanol–water partition coefficient (Wildman–Crippen LogP) is 1.65. The van der Waals surface area contributed by atoms with Gasteiger partial charge in [-0.1, -0.05) is 12.1 Å². The molecule has 29 heavy (non-hydrogen) atoms. The first-order valence-electron chi connectivity index (χ1n) is 9.42. The van der Waals surface area contributed by atoms with Crippen LogP contribution in [-0.2, 0) is 22.7 Å². The Bertz CT molecular complexity index is 1030. The summed E-state index contributed by atoms with van der Waals surface area (Å²) in [5.41, 5.74) is 1.92. The summed E-state index contributed by atoms with van der Waals surface area (Å²) < 4.78 is 7.16. The number of amides is 4. The van der Waals surface area contributed by atoms with Gasteiger partial charge >= 0.3 is 6.03 Å². The SMILES string of the molecule is O=C(CC[C@@H]1NC(=O)N(Cc2ccco2)C1=O)NCCn1cnc2ccccc21. The molecule has 1 aliphatic rings. The van der Waals surface area contributed by atoms with Crippen molar-refractivity contribution in [3.63, 3.8) is 0 Å². The minimum atomic E-state index is -0.694. The molecule has 3 heterocycles. The van der Waals surface area contributed by atoms with Crippen molar-refractivity contribution in [1.29, 1.82) is 0 Å². The van der Waals surface area contributed by atoms with Gasteiger partial charge in [0.15, 0.2) is 0 Å². The number of imide groups is 1. The maximum Gasteiger partial charge on any atom is 0.325 e. The quantitative estimate of drug-likeness (QED) is 0.564. The van der Waals surface area contributed by atoms with Crippen LogP contribution in [0.5, 0.6) is 0 Å². The second-order valence-corrected chi connectivity index (χ2v) is 6.82. The van der Waals surface area contributed by atoms with Gasteiger partial charge in [-0.15, -0.1) is 0 Å². The van der Waals surface area contributed by atoms with E-state index in [0.29, 0.717) is 18.8 Å². The molecule has 9 heteroatoms. The Balaban J connectivity index is 1.22. The zero-order chi connectivity index (χ0) is 20.2. The molecule has 1 atom stereocenters. The molecule has 9 nitrogen and oxygen atoms in total. The number of carbonyl (C=O) groups is 3. The van der Waals surface area contributed by atoms with E-state index in [-0.39, 0.29) is 31.2 Å². The fourth-order valence-electron chi connectivity index (χ4n) is 3.35. The second-order valence-electron chi connectivity index (χ2n) is 6.82. The van der Waals surface area contributed by atoms with Crippen LogP contribution in [0.1, 0.15) is 18.6 Å². The molecule has 1 fully saturated rings. The number of hydrogen-bond donors (Lipinski definition) is 2. The number of fused-ring (bicyclic) bond motifs is 1. The first-order chi connectivity index (χ1) is 14.1. The van der Waals surface area contributed by atoms with Crippen LogP contribution in [0.2, 0.25) is 0 Å². The molecule has 3 aromatic rings. The Hall–Kier alpha value is -3.62. The van der Waals surface area contributed by atoms with E-state index in [0.717, 1.165) is 15.9 Å². The van der Waals surface area contributed by atoms with Gasteiger partial charge in [-0.25, -0.2) is 9.78 Å². The molecule has 1 aliphatic heterocycles. The summed E-state index contributed by atoms with van der Waals surface area (Å²) in [5.74, 6) is 0.0176. The summed E-state index contributed by atoms with van der Waals surface area (Å²) in [7, 11) is 0. The average Bonchev–Trinajstić information content (AvgIpc) is 3.44. The van der Waals surface area contributed by atoms with Crippen LogP contribution in [0, 0.1) is 0 Å². The molecule has 1 saturated heterocycles. The molecule has 1 aromatic carbocycles. The lowest BCUT2D eigenvalue weighted by Crippen LogP contribution is -2.33. The number of nitrogens with zero attached hydrogens (tertiary/aromatic N) is 3. The minimum Gasteiger partial charge on any atom is -0.467 e. The topological polar surface area (TPSA) is 109 Å². The van der Waals surface area contributed by atoms with Gasteiger partial charge < -0.3 is 19.6 Å². The molecule has 2 N–H and O–H groups in total. The third-order valence-corrected chi connectivity index (χ3v) is 4.86. The highest BCUT2D eigenvalue weighted by molar-refractivity contribution is 6.04. The molecule has 4 rings (SSSR count). The molecule has 150 valence electrons. The number of aromatic nitrogens is 2. The predicted molar refractivity (Wildman–Crippen MR) is 104 cm³/mol. The standard InChI is InChI=1S/C20H21N5O4/c26-18(21-9-10-24-13-22-15-5-1-2-6-17(15)24)8-7-16-19(27)25(20(28)23-16)12-14-4-3-11-29-14/h1-6,11,13,16H,7-10,12H2,(H,21,26)(H,23,28)/t16-/m0/s1. The van der Waals surface area contributed by atoms with Crippen molar-refractivity contribution >= 4 is 28.9 Å². The molecule has 0 radical (unpaired) electrons.